The quantitative estimate of drug-likeness (QED) is 0.654. The Morgan fingerprint density at radius 1 is 1.15 bits per heavy atom. The number of aliphatic carboxylic acids is 1. The van der Waals surface area contributed by atoms with E-state index in [0.29, 0.717) is 13.1 Å². The summed E-state index contributed by atoms with van der Waals surface area (Å²) in [5.74, 6) is -1.15. The molecule has 0 bridgehead atoms. The van der Waals surface area contributed by atoms with Crippen molar-refractivity contribution in [3.05, 3.63) is 29.8 Å². The zero-order valence-electron chi connectivity index (χ0n) is 15.2. The van der Waals surface area contributed by atoms with E-state index in [9.17, 15) is 14.4 Å². The van der Waals surface area contributed by atoms with E-state index in [4.69, 9.17) is 5.11 Å². The van der Waals surface area contributed by atoms with Crippen molar-refractivity contribution in [1.29, 1.82) is 0 Å². The number of likely N-dealkylation sites (tertiary alicyclic amines) is 1. The Labute approximate surface area is 153 Å². The van der Waals surface area contributed by atoms with Crippen LogP contribution in [0.15, 0.2) is 24.3 Å². The first-order valence-electron chi connectivity index (χ1n) is 9.08. The lowest BCUT2D eigenvalue weighted by molar-refractivity contribution is -0.138. The van der Waals surface area contributed by atoms with E-state index in [1.807, 2.05) is 29.2 Å². The molecule has 7 nitrogen and oxygen atoms in total. The Balaban J connectivity index is 1.67. The summed E-state index contributed by atoms with van der Waals surface area (Å²) in [6.07, 6.45) is 2.65. The van der Waals surface area contributed by atoms with Crippen LogP contribution in [0.1, 0.15) is 38.2 Å². The van der Waals surface area contributed by atoms with Gasteiger partial charge in [0.05, 0.1) is 6.54 Å². The van der Waals surface area contributed by atoms with Crippen LogP contribution in [-0.2, 0) is 20.8 Å². The highest BCUT2D eigenvalue weighted by molar-refractivity contribution is 5.93. The van der Waals surface area contributed by atoms with Crippen molar-refractivity contribution in [2.24, 2.45) is 0 Å². The number of nitrogens with one attached hydrogen (secondary N) is 2. The largest absolute Gasteiger partial charge is 0.480 e. The fourth-order valence-electron chi connectivity index (χ4n) is 3.05. The fourth-order valence-corrected chi connectivity index (χ4v) is 3.05. The molecule has 3 N–H and O–H groups in total. The number of hydrogen-bond acceptors (Lipinski definition) is 4. The van der Waals surface area contributed by atoms with Gasteiger partial charge in [0.25, 0.3) is 0 Å². The summed E-state index contributed by atoms with van der Waals surface area (Å²) in [6, 6.07) is 7.73. The molecular weight excluding hydrogens is 334 g/mol. The van der Waals surface area contributed by atoms with Crippen LogP contribution in [0.2, 0.25) is 0 Å². The Kier molecular flexibility index (Phi) is 7.59. The number of nitrogens with zero attached hydrogens (tertiary/aromatic N) is 1. The molecule has 0 radical (unpaired) electrons. The van der Waals surface area contributed by atoms with E-state index < -0.39 is 5.97 Å². The maximum absolute atomic E-state index is 12.0. The summed E-state index contributed by atoms with van der Waals surface area (Å²) in [4.78, 5) is 36.6. The zero-order valence-corrected chi connectivity index (χ0v) is 15.2. The van der Waals surface area contributed by atoms with Gasteiger partial charge in [-0.2, -0.15) is 0 Å². The van der Waals surface area contributed by atoms with E-state index >= 15 is 0 Å². The Bertz CT molecular complexity index is 639. The average molecular weight is 361 g/mol. The lowest BCUT2D eigenvalue weighted by Crippen LogP contribution is -2.46. The van der Waals surface area contributed by atoms with Crippen molar-refractivity contribution in [3.63, 3.8) is 0 Å². The zero-order chi connectivity index (χ0) is 18.9. The molecule has 0 spiro atoms. The van der Waals surface area contributed by atoms with Gasteiger partial charge in [-0.1, -0.05) is 19.1 Å². The number of carbonyl (C=O) groups excluding carboxylic acids is 2. The summed E-state index contributed by atoms with van der Waals surface area (Å²) >= 11 is 0. The molecule has 1 heterocycles. The van der Waals surface area contributed by atoms with Gasteiger partial charge in [0.15, 0.2) is 0 Å². The second-order valence-corrected chi connectivity index (χ2v) is 6.61. The molecule has 0 atom stereocenters. The first kappa shape index (κ1) is 19.9. The molecule has 2 amide bonds. The number of amides is 2. The van der Waals surface area contributed by atoms with Gasteiger partial charge >= 0.3 is 5.97 Å². The topological polar surface area (TPSA) is 98.7 Å². The number of anilines is 1. The molecule has 1 aromatic rings. The van der Waals surface area contributed by atoms with Gasteiger partial charge in [-0.15, -0.1) is 0 Å². The summed E-state index contributed by atoms with van der Waals surface area (Å²) < 4.78 is 0. The monoisotopic (exact) mass is 361 g/mol. The van der Waals surface area contributed by atoms with Crippen molar-refractivity contribution in [2.45, 2.75) is 45.1 Å². The molecule has 0 saturated carbocycles. The summed E-state index contributed by atoms with van der Waals surface area (Å²) in [5.41, 5.74) is 1.90. The van der Waals surface area contributed by atoms with Gasteiger partial charge in [-0.3, -0.25) is 19.3 Å². The van der Waals surface area contributed by atoms with Gasteiger partial charge in [0, 0.05) is 37.7 Å². The molecule has 1 aliphatic rings. The van der Waals surface area contributed by atoms with Crippen molar-refractivity contribution < 1.29 is 19.5 Å². The molecule has 1 aromatic carbocycles. The standard InChI is InChI=1S/C19H27N3O4/c1-2-14-4-3-5-16(12-14)21-18(24)7-6-17(23)20-15-8-10-22(11-9-15)13-19(25)26/h3-5,12,15H,2,6-11,13H2,1H3,(H,20,23)(H,21,24)(H,25,26). The fraction of sp³-hybridized carbons (Fsp3) is 0.526. The molecule has 1 fully saturated rings. The highest BCUT2D eigenvalue weighted by atomic mass is 16.4. The van der Waals surface area contributed by atoms with Gasteiger partial charge < -0.3 is 15.7 Å². The summed E-state index contributed by atoms with van der Waals surface area (Å²) in [6.45, 7) is 3.41. The molecule has 0 aromatic heterocycles. The first-order chi connectivity index (χ1) is 12.5. The van der Waals surface area contributed by atoms with Crippen molar-refractivity contribution in [2.75, 3.05) is 25.0 Å². The average Bonchev–Trinajstić information content (AvgIpc) is 2.61. The third-order valence-corrected chi connectivity index (χ3v) is 4.51. The highest BCUT2D eigenvalue weighted by Gasteiger charge is 2.22. The van der Waals surface area contributed by atoms with Crippen LogP contribution in [0.3, 0.4) is 0 Å². The predicted octanol–water partition coefficient (Wildman–Crippen LogP) is 1.63. The second-order valence-electron chi connectivity index (χ2n) is 6.61. The van der Waals surface area contributed by atoms with E-state index in [0.717, 1.165) is 30.5 Å². The third-order valence-electron chi connectivity index (χ3n) is 4.51. The molecule has 2 rings (SSSR count). The lowest BCUT2D eigenvalue weighted by Gasteiger charge is -2.31. The number of benzene rings is 1. The minimum Gasteiger partial charge on any atom is -0.480 e. The normalized spacial score (nSPS) is 15.4. The number of carbonyl (C=O) groups is 3. The summed E-state index contributed by atoms with van der Waals surface area (Å²) in [7, 11) is 0. The molecular formula is C19H27N3O4. The van der Waals surface area contributed by atoms with Crippen LogP contribution in [-0.4, -0.2) is 53.5 Å². The maximum Gasteiger partial charge on any atom is 0.317 e. The first-order valence-corrected chi connectivity index (χ1v) is 9.08. The Morgan fingerprint density at radius 2 is 1.85 bits per heavy atom. The number of carboxylic acids is 1. The van der Waals surface area contributed by atoms with Crippen LogP contribution in [0.5, 0.6) is 0 Å². The SMILES string of the molecule is CCc1cccc(NC(=O)CCC(=O)NC2CCN(CC(=O)O)CC2)c1. The highest BCUT2D eigenvalue weighted by Crippen LogP contribution is 2.12. The van der Waals surface area contributed by atoms with Crippen LogP contribution in [0, 0.1) is 0 Å². The van der Waals surface area contributed by atoms with Crippen molar-refractivity contribution >= 4 is 23.5 Å². The van der Waals surface area contributed by atoms with Crippen LogP contribution in [0.25, 0.3) is 0 Å². The van der Waals surface area contributed by atoms with Crippen molar-refractivity contribution in [3.8, 4) is 0 Å². The van der Waals surface area contributed by atoms with Crippen LogP contribution >= 0.6 is 0 Å². The molecule has 26 heavy (non-hydrogen) atoms. The van der Waals surface area contributed by atoms with Gasteiger partial charge in [0.2, 0.25) is 11.8 Å². The molecule has 142 valence electrons. The Hall–Kier alpha value is -2.41. The van der Waals surface area contributed by atoms with Crippen molar-refractivity contribution in [1.82, 2.24) is 10.2 Å². The van der Waals surface area contributed by atoms with E-state index in [1.165, 1.54) is 0 Å². The molecule has 1 saturated heterocycles. The molecule has 7 heteroatoms. The van der Waals surface area contributed by atoms with E-state index in [1.54, 1.807) is 0 Å². The minimum absolute atomic E-state index is 0.0417. The van der Waals surface area contributed by atoms with Crippen LogP contribution in [0.4, 0.5) is 5.69 Å². The number of aryl methyl sites for hydroxylation is 1. The number of piperidine rings is 1. The maximum atomic E-state index is 12.0. The van der Waals surface area contributed by atoms with Gasteiger partial charge in [-0.05, 0) is 37.0 Å². The molecule has 0 unspecified atom stereocenters. The number of carboxylic acid groups (broad SMARTS) is 1. The number of rotatable bonds is 8. The third kappa shape index (κ3) is 6.84. The van der Waals surface area contributed by atoms with E-state index in [2.05, 4.69) is 17.6 Å². The van der Waals surface area contributed by atoms with Gasteiger partial charge in [-0.25, -0.2) is 0 Å². The molecule has 1 aliphatic heterocycles. The minimum atomic E-state index is -0.831. The smallest absolute Gasteiger partial charge is 0.317 e. The Morgan fingerprint density at radius 3 is 2.50 bits per heavy atom. The second kappa shape index (κ2) is 9.91. The predicted molar refractivity (Wildman–Crippen MR) is 98.9 cm³/mol. The molecule has 0 aliphatic carbocycles. The van der Waals surface area contributed by atoms with Crippen LogP contribution < -0.4 is 10.6 Å². The lowest BCUT2D eigenvalue weighted by atomic mass is 10.0. The number of hydrogen-bond donors (Lipinski definition) is 3. The summed E-state index contributed by atoms with van der Waals surface area (Å²) in [5, 5.41) is 14.5. The van der Waals surface area contributed by atoms with E-state index in [-0.39, 0.29) is 37.2 Å². The van der Waals surface area contributed by atoms with Gasteiger partial charge in [0.1, 0.15) is 0 Å².